The van der Waals surface area contributed by atoms with Crippen LogP contribution in [0.2, 0.25) is 0 Å². The summed E-state index contributed by atoms with van der Waals surface area (Å²) in [6.45, 7) is 0. The SMILES string of the molecule is NC(=O)C(NC(=O)Cc1ccccc1F)C(N)=O. The van der Waals surface area contributed by atoms with E-state index in [0.717, 1.165) is 0 Å². The third-order valence-electron chi connectivity index (χ3n) is 2.18. The third kappa shape index (κ3) is 3.55. The highest BCUT2D eigenvalue weighted by Crippen LogP contribution is 2.06. The number of benzene rings is 1. The van der Waals surface area contributed by atoms with E-state index in [1.54, 1.807) is 6.07 Å². The van der Waals surface area contributed by atoms with Gasteiger partial charge >= 0.3 is 0 Å². The Hall–Kier alpha value is -2.44. The van der Waals surface area contributed by atoms with Crippen LogP contribution in [0.5, 0.6) is 0 Å². The summed E-state index contributed by atoms with van der Waals surface area (Å²) in [6, 6.07) is 4.06. The van der Waals surface area contributed by atoms with E-state index in [1.165, 1.54) is 18.2 Å². The van der Waals surface area contributed by atoms with Gasteiger partial charge in [0, 0.05) is 0 Å². The van der Waals surface area contributed by atoms with E-state index in [9.17, 15) is 18.8 Å². The Morgan fingerprint density at radius 1 is 1.17 bits per heavy atom. The van der Waals surface area contributed by atoms with Gasteiger partial charge in [-0.3, -0.25) is 14.4 Å². The van der Waals surface area contributed by atoms with Crippen LogP contribution in [-0.4, -0.2) is 23.8 Å². The molecule has 3 amide bonds. The molecule has 0 unspecified atom stereocenters. The highest BCUT2D eigenvalue weighted by Gasteiger charge is 2.23. The van der Waals surface area contributed by atoms with Gasteiger partial charge in [-0.05, 0) is 11.6 Å². The fraction of sp³-hybridized carbons (Fsp3) is 0.182. The smallest absolute Gasteiger partial charge is 0.249 e. The predicted molar refractivity (Wildman–Crippen MR) is 60.4 cm³/mol. The van der Waals surface area contributed by atoms with Crippen molar-refractivity contribution in [1.29, 1.82) is 0 Å². The molecule has 6 nitrogen and oxygen atoms in total. The summed E-state index contributed by atoms with van der Waals surface area (Å²) in [5.74, 6) is -3.40. The molecule has 0 atom stereocenters. The van der Waals surface area contributed by atoms with Crippen LogP contribution in [0.3, 0.4) is 0 Å². The maximum atomic E-state index is 13.2. The number of nitrogens with two attached hydrogens (primary N) is 2. The first-order chi connectivity index (χ1) is 8.41. The van der Waals surface area contributed by atoms with Crippen molar-refractivity contribution in [3.8, 4) is 0 Å². The molecular formula is C11H12FN3O3. The average molecular weight is 253 g/mol. The molecule has 0 aliphatic rings. The van der Waals surface area contributed by atoms with E-state index >= 15 is 0 Å². The van der Waals surface area contributed by atoms with Gasteiger partial charge < -0.3 is 16.8 Å². The number of nitrogens with one attached hydrogen (secondary N) is 1. The Morgan fingerprint density at radius 2 is 1.72 bits per heavy atom. The molecule has 0 aliphatic carbocycles. The highest BCUT2D eigenvalue weighted by molar-refractivity contribution is 6.05. The molecule has 0 aromatic heterocycles. The van der Waals surface area contributed by atoms with Crippen molar-refractivity contribution in [2.24, 2.45) is 11.5 Å². The summed E-state index contributed by atoms with van der Waals surface area (Å²) in [7, 11) is 0. The Bertz CT molecular complexity index is 476. The van der Waals surface area contributed by atoms with E-state index in [1.807, 2.05) is 5.32 Å². The Morgan fingerprint density at radius 3 is 2.22 bits per heavy atom. The quantitative estimate of drug-likeness (QED) is 0.574. The first-order valence-corrected chi connectivity index (χ1v) is 5.03. The normalized spacial score (nSPS) is 10.1. The fourth-order valence-electron chi connectivity index (χ4n) is 1.31. The minimum atomic E-state index is -1.59. The molecule has 0 fully saturated rings. The van der Waals surface area contributed by atoms with Gasteiger partial charge in [0.15, 0.2) is 6.04 Å². The van der Waals surface area contributed by atoms with E-state index in [0.29, 0.717) is 0 Å². The summed E-state index contributed by atoms with van der Waals surface area (Å²) >= 11 is 0. The van der Waals surface area contributed by atoms with Crippen LogP contribution >= 0.6 is 0 Å². The average Bonchev–Trinajstić information content (AvgIpc) is 2.28. The van der Waals surface area contributed by atoms with Crippen molar-refractivity contribution in [2.45, 2.75) is 12.5 Å². The van der Waals surface area contributed by atoms with Gasteiger partial charge in [0.2, 0.25) is 17.7 Å². The third-order valence-corrected chi connectivity index (χ3v) is 2.18. The lowest BCUT2D eigenvalue weighted by molar-refractivity contribution is -0.133. The van der Waals surface area contributed by atoms with Gasteiger partial charge in [-0.15, -0.1) is 0 Å². The van der Waals surface area contributed by atoms with Crippen molar-refractivity contribution in [3.05, 3.63) is 35.6 Å². The molecule has 96 valence electrons. The number of hydrogen-bond acceptors (Lipinski definition) is 3. The molecular weight excluding hydrogens is 241 g/mol. The molecule has 0 saturated heterocycles. The van der Waals surface area contributed by atoms with Crippen molar-refractivity contribution < 1.29 is 18.8 Å². The van der Waals surface area contributed by atoms with Crippen LogP contribution in [0.4, 0.5) is 4.39 Å². The summed E-state index contributed by atoms with van der Waals surface area (Å²) in [5, 5.41) is 2.04. The van der Waals surface area contributed by atoms with Crippen LogP contribution in [-0.2, 0) is 20.8 Å². The molecule has 5 N–H and O–H groups in total. The Balaban J connectivity index is 2.70. The number of rotatable bonds is 5. The monoisotopic (exact) mass is 253 g/mol. The Kier molecular flexibility index (Phi) is 4.36. The van der Waals surface area contributed by atoms with Crippen LogP contribution in [0.25, 0.3) is 0 Å². The lowest BCUT2D eigenvalue weighted by atomic mass is 10.1. The minimum absolute atomic E-state index is 0.141. The molecule has 0 saturated carbocycles. The van der Waals surface area contributed by atoms with Crippen molar-refractivity contribution in [2.75, 3.05) is 0 Å². The van der Waals surface area contributed by atoms with Gasteiger partial charge in [-0.25, -0.2) is 4.39 Å². The zero-order valence-corrected chi connectivity index (χ0v) is 9.35. The summed E-state index contributed by atoms with van der Waals surface area (Å²) in [4.78, 5) is 33.1. The number of hydrogen-bond donors (Lipinski definition) is 3. The van der Waals surface area contributed by atoms with E-state index in [-0.39, 0.29) is 12.0 Å². The number of amides is 3. The maximum Gasteiger partial charge on any atom is 0.249 e. The molecule has 7 heteroatoms. The van der Waals surface area contributed by atoms with Gasteiger partial charge in [0.05, 0.1) is 6.42 Å². The fourth-order valence-corrected chi connectivity index (χ4v) is 1.31. The van der Waals surface area contributed by atoms with E-state index in [2.05, 4.69) is 0 Å². The predicted octanol–water partition coefficient (Wildman–Crippen LogP) is -1.18. The summed E-state index contributed by atoms with van der Waals surface area (Å²) in [5.41, 5.74) is 9.90. The number of carbonyl (C=O) groups excluding carboxylic acids is 3. The van der Waals surface area contributed by atoms with Crippen LogP contribution in [0, 0.1) is 5.82 Å². The van der Waals surface area contributed by atoms with E-state index < -0.39 is 29.6 Å². The summed E-state index contributed by atoms with van der Waals surface area (Å²) < 4.78 is 13.2. The largest absolute Gasteiger partial charge is 0.367 e. The Labute approximate surface area is 102 Å². The molecule has 0 radical (unpaired) electrons. The second-order valence-electron chi connectivity index (χ2n) is 3.57. The lowest BCUT2D eigenvalue weighted by Crippen LogP contribution is -2.52. The minimum Gasteiger partial charge on any atom is -0.367 e. The lowest BCUT2D eigenvalue weighted by Gasteiger charge is -2.11. The topological polar surface area (TPSA) is 115 Å². The maximum absolute atomic E-state index is 13.2. The van der Waals surface area contributed by atoms with E-state index in [4.69, 9.17) is 11.5 Å². The molecule has 0 spiro atoms. The van der Waals surface area contributed by atoms with Crippen LogP contribution in [0.1, 0.15) is 5.56 Å². The standard InChI is InChI=1S/C11H12FN3O3/c12-7-4-2-1-3-6(7)5-8(16)15-9(10(13)17)11(14)18/h1-4,9H,5H2,(H2,13,17)(H2,14,18)(H,15,16). The van der Waals surface area contributed by atoms with Crippen molar-refractivity contribution >= 4 is 17.7 Å². The van der Waals surface area contributed by atoms with Crippen molar-refractivity contribution in [1.82, 2.24) is 5.32 Å². The zero-order chi connectivity index (χ0) is 13.7. The van der Waals surface area contributed by atoms with Gasteiger partial charge in [0.1, 0.15) is 5.82 Å². The molecule has 1 aromatic rings. The molecule has 0 bridgehead atoms. The second kappa shape index (κ2) is 5.76. The first kappa shape index (κ1) is 13.6. The first-order valence-electron chi connectivity index (χ1n) is 5.03. The number of carbonyl (C=O) groups is 3. The van der Waals surface area contributed by atoms with Crippen LogP contribution in [0.15, 0.2) is 24.3 Å². The number of primary amides is 2. The van der Waals surface area contributed by atoms with Crippen molar-refractivity contribution in [3.63, 3.8) is 0 Å². The molecule has 1 aromatic carbocycles. The summed E-state index contributed by atoms with van der Waals surface area (Å²) in [6.07, 6.45) is -0.316. The second-order valence-corrected chi connectivity index (χ2v) is 3.57. The number of halogens is 1. The van der Waals surface area contributed by atoms with Crippen LogP contribution < -0.4 is 16.8 Å². The molecule has 1 rings (SSSR count). The zero-order valence-electron chi connectivity index (χ0n) is 9.35. The van der Waals surface area contributed by atoms with Gasteiger partial charge in [0.25, 0.3) is 0 Å². The molecule has 18 heavy (non-hydrogen) atoms. The van der Waals surface area contributed by atoms with Gasteiger partial charge in [-0.2, -0.15) is 0 Å². The van der Waals surface area contributed by atoms with Gasteiger partial charge in [-0.1, -0.05) is 18.2 Å². The highest BCUT2D eigenvalue weighted by atomic mass is 19.1. The molecule has 0 aliphatic heterocycles. The molecule has 0 heterocycles.